The van der Waals surface area contributed by atoms with Gasteiger partial charge in [-0.05, 0) is 62.8 Å². The van der Waals surface area contributed by atoms with E-state index in [4.69, 9.17) is 0 Å². The van der Waals surface area contributed by atoms with Crippen molar-refractivity contribution < 1.29 is 18.0 Å². The Labute approximate surface area is 220 Å². The maximum absolute atomic E-state index is 14.3. The number of anilines is 1. The summed E-state index contributed by atoms with van der Waals surface area (Å²) >= 11 is 0. The van der Waals surface area contributed by atoms with E-state index in [0.717, 1.165) is 11.0 Å². The lowest BCUT2D eigenvalue weighted by Crippen LogP contribution is -2.53. The van der Waals surface area contributed by atoms with Gasteiger partial charge in [-0.15, -0.1) is 0 Å². The molecule has 1 aliphatic rings. The molecule has 0 spiro atoms. The van der Waals surface area contributed by atoms with Crippen LogP contribution in [-0.2, 0) is 25.0 Å². The van der Waals surface area contributed by atoms with E-state index in [1.165, 1.54) is 9.21 Å². The van der Waals surface area contributed by atoms with Crippen LogP contribution in [0.25, 0.3) is 0 Å². The first-order valence-electron chi connectivity index (χ1n) is 12.5. The third kappa shape index (κ3) is 6.64. The number of nitrogens with zero attached hydrogens (tertiary/aromatic N) is 3. The highest BCUT2D eigenvalue weighted by Crippen LogP contribution is 2.34. The van der Waals surface area contributed by atoms with E-state index < -0.39 is 33.6 Å². The van der Waals surface area contributed by atoms with Crippen molar-refractivity contribution in [3.05, 3.63) is 71.9 Å². The van der Waals surface area contributed by atoms with Gasteiger partial charge in [-0.25, -0.2) is 8.42 Å². The summed E-state index contributed by atoms with van der Waals surface area (Å²) in [6.45, 7) is 15.5. The van der Waals surface area contributed by atoms with E-state index in [2.05, 4.69) is 37.7 Å². The summed E-state index contributed by atoms with van der Waals surface area (Å²) in [6, 6.07) is 8.94. The standard InChI is InChI=1S/C28H38N4O4S/c1-8-37(35,36)31-18-10-12-23(31)26(34)32(22-15-13-21(14-16-22)27(2,3)4)24(20-11-9-17-29-19-20)25(33)30-28(5,6)7/h8-9,11,13-17,19,23-24H,1,10,12,18H2,2-7H3,(H,30,33). The van der Waals surface area contributed by atoms with Gasteiger partial charge in [0.15, 0.2) is 0 Å². The van der Waals surface area contributed by atoms with Crippen LogP contribution in [0.5, 0.6) is 0 Å². The predicted molar refractivity (Wildman–Crippen MR) is 146 cm³/mol. The first kappa shape index (κ1) is 28.5. The van der Waals surface area contributed by atoms with Gasteiger partial charge in [-0.2, -0.15) is 4.31 Å². The van der Waals surface area contributed by atoms with Crippen LogP contribution in [0.15, 0.2) is 60.8 Å². The van der Waals surface area contributed by atoms with Crippen molar-refractivity contribution >= 4 is 27.5 Å². The molecule has 3 rings (SSSR count). The fourth-order valence-electron chi connectivity index (χ4n) is 4.47. The summed E-state index contributed by atoms with van der Waals surface area (Å²) < 4.78 is 26.7. The molecule has 2 amide bonds. The molecule has 37 heavy (non-hydrogen) atoms. The molecule has 2 heterocycles. The summed E-state index contributed by atoms with van der Waals surface area (Å²) in [4.78, 5) is 33.7. The molecule has 2 atom stereocenters. The highest BCUT2D eigenvalue weighted by molar-refractivity contribution is 7.92. The van der Waals surface area contributed by atoms with E-state index in [1.807, 2.05) is 45.0 Å². The average molecular weight is 527 g/mol. The topological polar surface area (TPSA) is 99.7 Å². The van der Waals surface area contributed by atoms with E-state index in [0.29, 0.717) is 24.1 Å². The minimum Gasteiger partial charge on any atom is -0.349 e. The van der Waals surface area contributed by atoms with Gasteiger partial charge in [0.25, 0.3) is 0 Å². The fourth-order valence-corrected chi connectivity index (χ4v) is 5.59. The molecule has 2 aromatic rings. The normalized spacial score (nSPS) is 17.7. The second kappa shape index (κ2) is 10.8. The summed E-state index contributed by atoms with van der Waals surface area (Å²) in [5, 5.41) is 3.86. The maximum atomic E-state index is 14.3. The van der Waals surface area contributed by atoms with E-state index in [9.17, 15) is 18.0 Å². The highest BCUT2D eigenvalue weighted by atomic mass is 32.2. The largest absolute Gasteiger partial charge is 0.349 e. The minimum absolute atomic E-state index is 0.111. The lowest BCUT2D eigenvalue weighted by atomic mass is 9.87. The zero-order chi connectivity index (χ0) is 27.6. The van der Waals surface area contributed by atoms with Crippen molar-refractivity contribution in [2.75, 3.05) is 11.4 Å². The van der Waals surface area contributed by atoms with Crippen molar-refractivity contribution in [3.8, 4) is 0 Å². The van der Waals surface area contributed by atoms with Crippen molar-refractivity contribution in [1.29, 1.82) is 0 Å². The van der Waals surface area contributed by atoms with Crippen LogP contribution in [0.2, 0.25) is 0 Å². The number of benzene rings is 1. The van der Waals surface area contributed by atoms with Crippen LogP contribution in [0.3, 0.4) is 0 Å². The van der Waals surface area contributed by atoms with Gasteiger partial charge in [0.1, 0.15) is 12.1 Å². The van der Waals surface area contributed by atoms with Crippen LogP contribution in [0.1, 0.15) is 71.6 Å². The lowest BCUT2D eigenvalue weighted by molar-refractivity contribution is -0.128. The van der Waals surface area contributed by atoms with Crippen molar-refractivity contribution in [2.24, 2.45) is 0 Å². The Morgan fingerprint density at radius 3 is 2.30 bits per heavy atom. The Kier molecular flexibility index (Phi) is 8.29. The van der Waals surface area contributed by atoms with Crippen LogP contribution in [0.4, 0.5) is 5.69 Å². The number of amides is 2. The van der Waals surface area contributed by atoms with E-state index in [-0.39, 0.29) is 17.9 Å². The lowest BCUT2D eigenvalue weighted by Gasteiger charge is -2.36. The van der Waals surface area contributed by atoms with E-state index >= 15 is 0 Å². The molecule has 1 aliphatic heterocycles. The first-order chi connectivity index (χ1) is 17.2. The molecule has 0 saturated carbocycles. The smallest absolute Gasteiger partial charge is 0.248 e. The fraction of sp³-hybridized carbons (Fsp3) is 0.464. The molecular weight excluding hydrogens is 488 g/mol. The molecule has 1 saturated heterocycles. The second-order valence-electron chi connectivity index (χ2n) is 11.4. The molecule has 1 fully saturated rings. The Bertz CT molecular complexity index is 1230. The summed E-state index contributed by atoms with van der Waals surface area (Å²) in [5.41, 5.74) is 1.42. The number of nitrogens with one attached hydrogen (secondary N) is 1. The van der Waals surface area contributed by atoms with Gasteiger partial charge in [0, 0.05) is 41.1 Å². The van der Waals surface area contributed by atoms with Crippen LogP contribution < -0.4 is 10.2 Å². The first-order valence-corrected chi connectivity index (χ1v) is 14.0. The SMILES string of the molecule is C=CS(=O)(=O)N1CCCC1C(=O)N(c1ccc(C(C)(C)C)cc1)C(C(=O)NC(C)(C)C)c1cccnc1. The molecule has 1 aromatic carbocycles. The average Bonchev–Trinajstić information content (AvgIpc) is 3.32. The van der Waals surface area contributed by atoms with E-state index in [1.54, 1.807) is 24.5 Å². The van der Waals surface area contributed by atoms with Crippen LogP contribution in [-0.4, -0.2) is 47.6 Å². The van der Waals surface area contributed by atoms with Crippen LogP contribution >= 0.6 is 0 Å². The Balaban J connectivity index is 2.19. The second-order valence-corrected chi connectivity index (χ2v) is 13.2. The zero-order valence-electron chi connectivity index (χ0n) is 22.6. The summed E-state index contributed by atoms with van der Waals surface area (Å²) in [6.07, 6.45) is 4.04. The summed E-state index contributed by atoms with van der Waals surface area (Å²) in [5.74, 6) is -0.853. The zero-order valence-corrected chi connectivity index (χ0v) is 23.4. The number of carbonyl (C=O) groups is 2. The molecule has 0 radical (unpaired) electrons. The van der Waals surface area contributed by atoms with Crippen LogP contribution in [0, 0.1) is 0 Å². The van der Waals surface area contributed by atoms with Gasteiger partial charge in [-0.1, -0.05) is 45.5 Å². The quantitative estimate of drug-likeness (QED) is 0.580. The molecule has 9 heteroatoms. The molecule has 0 bridgehead atoms. The molecule has 2 unspecified atom stereocenters. The molecule has 0 aliphatic carbocycles. The Morgan fingerprint density at radius 2 is 1.78 bits per heavy atom. The monoisotopic (exact) mass is 526 g/mol. The number of pyridine rings is 1. The Hall–Kier alpha value is -3.04. The number of hydrogen-bond donors (Lipinski definition) is 1. The van der Waals surface area contributed by atoms with Crippen molar-refractivity contribution in [3.63, 3.8) is 0 Å². The van der Waals surface area contributed by atoms with Crippen molar-refractivity contribution in [1.82, 2.24) is 14.6 Å². The Morgan fingerprint density at radius 1 is 1.14 bits per heavy atom. The molecule has 200 valence electrons. The van der Waals surface area contributed by atoms with Crippen molar-refractivity contribution in [2.45, 2.75) is 77.4 Å². The highest BCUT2D eigenvalue weighted by Gasteiger charge is 2.44. The number of aromatic nitrogens is 1. The summed E-state index contributed by atoms with van der Waals surface area (Å²) in [7, 11) is -3.84. The molecule has 1 aromatic heterocycles. The third-order valence-electron chi connectivity index (χ3n) is 6.28. The maximum Gasteiger partial charge on any atom is 0.248 e. The number of carbonyl (C=O) groups excluding carboxylic acids is 2. The van der Waals surface area contributed by atoms with Gasteiger partial charge < -0.3 is 5.32 Å². The predicted octanol–water partition coefficient (Wildman–Crippen LogP) is 4.31. The number of hydrogen-bond acceptors (Lipinski definition) is 5. The number of rotatable bonds is 7. The van der Waals surface area contributed by atoms with Gasteiger partial charge in [0.2, 0.25) is 21.8 Å². The molecule has 8 nitrogen and oxygen atoms in total. The van der Waals surface area contributed by atoms with Gasteiger partial charge >= 0.3 is 0 Å². The molecular formula is C28H38N4O4S. The van der Waals surface area contributed by atoms with Gasteiger partial charge in [0.05, 0.1) is 0 Å². The molecule has 1 N–H and O–H groups in total. The number of sulfonamides is 1. The van der Waals surface area contributed by atoms with Gasteiger partial charge in [-0.3, -0.25) is 19.5 Å². The third-order valence-corrected chi connectivity index (χ3v) is 7.79. The minimum atomic E-state index is -3.84.